The van der Waals surface area contributed by atoms with Gasteiger partial charge in [-0.25, -0.2) is 0 Å². The summed E-state index contributed by atoms with van der Waals surface area (Å²) in [5, 5.41) is 3.95. The molecule has 1 saturated heterocycles. The molecule has 1 atom stereocenters. The van der Waals surface area contributed by atoms with Crippen molar-refractivity contribution in [3.05, 3.63) is 34.3 Å². The van der Waals surface area contributed by atoms with E-state index in [1.807, 2.05) is 11.8 Å². The summed E-state index contributed by atoms with van der Waals surface area (Å²) in [5.41, 5.74) is 1.38. The number of benzene rings is 1. The summed E-state index contributed by atoms with van der Waals surface area (Å²) in [6, 6.07) is 8.52. The highest BCUT2D eigenvalue weighted by Crippen LogP contribution is 2.30. The van der Waals surface area contributed by atoms with Crippen LogP contribution in [0.25, 0.3) is 0 Å². The van der Waals surface area contributed by atoms with Gasteiger partial charge in [0.2, 0.25) is 0 Å². The van der Waals surface area contributed by atoms with Crippen molar-refractivity contribution < 1.29 is 0 Å². The monoisotopic (exact) mass is 243 g/mol. The highest BCUT2D eigenvalue weighted by atomic mass is 79.9. The summed E-state index contributed by atoms with van der Waals surface area (Å²) in [7, 11) is 0. The number of rotatable bonds is 1. The van der Waals surface area contributed by atoms with Gasteiger partial charge in [0.15, 0.2) is 0 Å². The van der Waals surface area contributed by atoms with Crippen molar-refractivity contribution in [3.8, 4) is 0 Å². The summed E-state index contributed by atoms with van der Waals surface area (Å²) < 4.78 is 1.15. The molecule has 1 fully saturated rings. The third-order valence-corrected chi connectivity index (χ3v) is 3.63. The van der Waals surface area contributed by atoms with Crippen LogP contribution in [0, 0.1) is 0 Å². The van der Waals surface area contributed by atoms with Crippen molar-refractivity contribution in [2.75, 3.05) is 12.3 Å². The molecule has 0 aliphatic carbocycles. The fraction of sp³-hybridized carbons (Fsp3) is 0.333. The Kier molecular flexibility index (Phi) is 2.73. The highest BCUT2D eigenvalue weighted by Gasteiger charge is 2.15. The van der Waals surface area contributed by atoms with Crippen molar-refractivity contribution in [1.82, 2.24) is 5.32 Å². The molecule has 12 heavy (non-hydrogen) atoms. The van der Waals surface area contributed by atoms with Crippen LogP contribution in [0.3, 0.4) is 0 Å². The molecule has 1 nitrogen and oxygen atoms in total. The van der Waals surface area contributed by atoms with Crippen LogP contribution >= 0.6 is 27.7 Å². The third kappa shape index (κ3) is 1.84. The standard InChI is InChI=1S/C9H10BrNS/c10-8-3-1-7(2-4-8)9-11-5-6-12-9/h1-4,9,11H,5-6H2/t9-/m1/s1. The van der Waals surface area contributed by atoms with Gasteiger partial charge in [0.1, 0.15) is 0 Å². The van der Waals surface area contributed by atoms with E-state index in [0.717, 1.165) is 11.0 Å². The molecule has 1 N–H and O–H groups in total. The minimum Gasteiger partial charge on any atom is -0.301 e. The maximum atomic E-state index is 3.44. The number of nitrogens with one attached hydrogen (secondary N) is 1. The Hall–Kier alpha value is 0.01000. The van der Waals surface area contributed by atoms with Crippen LogP contribution in [-0.4, -0.2) is 12.3 Å². The van der Waals surface area contributed by atoms with Crippen LogP contribution < -0.4 is 5.32 Å². The van der Waals surface area contributed by atoms with Crippen LogP contribution in [0.4, 0.5) is 0 Å². The van der Waals surface area contributed by atoms with Crippen molar-refractivity contribution in [1.29, 1.82) is 0 Å². The van der Waals surface area contributed by atoms with E-state index in [1.54, 1.807) is 0 Å². The average Bonchev–Trinajstić information content (AvgIpc) is 2.58. The molecule has 1 heterocycles. The lowest BCUT2D eigenvalue weighted by Crippen LogP contribution is -2.11. The molecular formula is C9H10BrNS. The molecule has 1 aliphatic rings. The largest absolute Gasteiger partial charge is 0.301 e. The first-order chi connectivity index (χ1) is 5.86. The third-order valence-electron chi connectivity index (χ3n) is 1.89. The van der Waals surface area contributed by atoms with E-state index in [4.69, 9.17) is 0 Å². The second-order valence-electron chi connectivity index (χ2n) is 2.76. The molecule has 0 spiro atoms. The Balaban J connectivity index is 2.17. The van der Waals surface area contributed by atoms with Crippen LogP contribution in [0.1, 0.15) is 10.9 Å². The fourth-order valence-electron chi connectivity index (χ4n) is 1.28. The lowest BCUT2D eigenvalue weighted by molar-refractivity contribution is 0.751. The first kappa shape index (κ1) is 8.60. The zero-order valence-electron chi connectivity index (χ0n) is 6.59. The number of hydrogen-bond acceptors (Lipinski definition) is 2. The lowest BCUT2D eigenvalue weighted by Gasteiger charge is -2.08. The minimum absolute atomic E-state index is 0.512. The van der Waals surface area contributed by atoms with Crippen molar-refractivity contribution in [3.63, 3.8) is 0 Å². The Morgan fingerprint density at radius 1 is 1.33 bits per heavy atom. The molecule has 0 bridgehead atoms. The Labute approximate surface area is 85.1 Å². The summed E-state index contributed by atoms with van der Waals surface area (Å²) in [6.45, 7) is 1.13. The molecule has 0 unspecified atom stereocenters. The van der Waals surface area contributed by atoms with Gasteiger partial charge >= 0.3 is 0 Å². The van der Waals surface area contributed by atoms with Crippen LogP contribution in [0.2, 0.25) is 0 Å². The van der Waals surface area contributed by atoms with Gasteiger partial charge in [0.05, 0.1) is 5.37 Å². The molecule has 1 aliphatic heterocycles. The molecule has 2 rings (SSSR count). The van der Waals surface area contributed by atoms with E-state index in [0.29, 0.717) is 5.37 Å². The fourth-order valence-corrected chi connectivity index (χ4v) is 2.60. The maximum absolute atomic E-state index is 3.44. The topological polar surface area (TPSA) is 12.0 Å². The first-order valence-electron chi connectivity index (χ1n) is 3.97. The summed E-state index contributed by atoms with van der Waals surface area (Å²) in [6.07, 6.45) is 0. The Bertz CT molecular complexity index is 254. The zero-order chi connectivity index (χ0) is 8.39. The van der Waals surface area contributed by atoms with Gasteiger partial charge in [-0.1, -0.05) is 28.1 Å². The molecule has 0 saturated carbocycles. The summed E-state index contributed by atoms with van der Waals surface area (Å²) in [5.74, 6) is 1.22. The zero-order valence-corrected chi connectivity index (χ0v) is 8.99. The van der Waals surface area contributed by atoms with E-state index >= 15 is 0 Å². The molecular weight excluding hydrogens is 234 g/mol. The van der Waals surface area contributed by atoms with Crippen molar-refractivity contribution in [2.24, 2.45) is 0 Å². The highest BCUT2D eigenvalue weighted by molar-refractivity contribution is 9.10. The number of thioether (sulfide) groups is 1. The van der Waals surface area contributed by atoms with Gasteiger partial charge < -0.3 is 5.32 Å². The van der Waals surface area contributed by atoms with Gasteiger partial charge in [-0.05, 0) is 17.7 Å². The van der Waals surface area contributed by atoms with Crippen LogP contribution in [-0.2, 0) is 0 Å². The maximum Gasteiger partial charge on any atom is 0.0790 e. The molecule has 3 heteroatoms. The minimum atomic E-state index is 0.512. The molecule has 1 aromatic rings. The number of halogens is 1. The lowest BCUT2D eigenvalue weighted by atomic mass is 10.2. The van der Waals surface area contributed by atoms with Gasteiger partial charge in [-0.2, -0.15) is 0 Å². The Morgan fingerprint density at radius 3 is 2.67 bits per heavy atom. The molecule has 0 aromatic heterocycles. The van der Waals surface area contributed by atoms with Gasteiger partial charge in [-0.3, -0.25) is 0 Å². The smallest absolute Gasteiger partial charge is 0.0790 e. The normalized spacial score (nSPS) is 22.9. The molecule has 0 radical (unpaired) electrons. The quantitative estimate of drug-likeness (QED) is 0.815. The van der Waals surface area contributed by atoms with Crippen LogP contribution in [0.15, 0.2) is 28.7 Å². The molecule has 1 aromatic carbocycles. The summed E-state index contributed by atoms with van der Waals surface area (Å²) >= 11 is 5.40. The van der Waals surface area contributed by atoms with Crippen LogP contribution in [0.5, 0.6) is 0 Å². The SMILES string of the molecule is Brc1ccc([C@@H]2NCCS2)cc1. The average molecular weight is 244 g/mol. The summed E-state index contributed by atoms with van der Waals surface area (Å²) in [4.78, 5) is 0. The Morgan fingerprint density at radius 2 is 2.08 bits per heavy atom. The van der Waals surface area contributed by atoms with Crippen molar-refractivity contribution in [2.45, 2.75) is 5.37 Å². The van der Waals surface area contributed by atoms with E-state index in [9.17, 15) is 0 Å². The predicted octanol–water partition coefficient (Wildman–Crippen LogP) is 2.78. The van der Waals surface area contributed by atoms with E-state index < -0.39 is 0 Å². The molecule has 64 valence electrons. The molecule has 0 amide bonds. The van der Waals surface area contributed by atoms with E-state index in [-0.39, 0.29) is 0 Å². The van der Waals surface area contributed by atoms with Gasteiger partial charge in [-0.15, -0.1) is 11.8 Å². The van der Waals surface area contributed by atoms with Gasteiger partial charge in [0.25, 0.3) is 0 Å². The number of hydrogen-bond donors (Lipinski definition) is 1. The predicted molar refractivity (Wildman–Crippen MR) is 57.3 cm³/mol. The van der Waals surface area contributed by atoms with E-state index in [1.165, 1.54) is 11.3 Å². The van der Waals surface area contributed by atoms with E-state index in [2.05, 4.69) is 45.5 Å². The van der Waals surface area contributed by atoms with Gasteiger partial charge in [0, 0.05) is 16.8 Å². The second-order valence-corrected chi connectivity index (χ2v) is 4.89. The second kappa shape index (κ2) is 3.81. The van der Waals surface area contributed by atoms with Crippen molar-refractivity contribution >= 4 is 27.7 Å². The first-order valence-corrected chi connectivity index (χ1v) is 5.81.